The summed E-state index contributed by atoms with van der Waals surface area (Å²) >= 11 is 0. The quantitative estimate of drug-likeness (QED) is 0.839. The molecule has 1 amide bonds. The second-order valence-corrected chi connectivity index (χ2v) is 4.72. The van der Waals surface area contributed by atoms with Gasteiger partial charge >= 0.3 is 0 Å². The molecular formula is C14H20N4O2. The predicted octanol–water partition coefficient (Wildman–Crippen LogP) is 1.58. The maximum absolute atomic E-state index is 12.6. The Morgan fingerprint density at radius 2 is 2.00 bits per heavy atom. The highest BCUT2D eigenvalue weighted by Gasteiger charge is 2.22. The first-order valence-corrected chi connectivity index (χ1v) is 6.93. The Bertz CT molecular complexity index is 577. The van der Waals surface area contributed by atoms with Gasteiger partial charge in [-0.1, -0.05) is 13.8 Å². The van der Waals surface area contributed by atoms with Crippen molar-refractivity contribution in [2.45, 2.75) is 32.7 Å². The Morgan fingerprint density at radius 1 is 1.30 bits per heavy atom. The average Bonchev–Trinajstić information content (AvgIpc) is 2.94. The van der Waals surface area contributed by atoms with Gasteiger partial charge in [0, 0.05) is 18.2 Å². The van der Waals surface area contributed by atoms with Crippen LogP contribution in [0.4, 0.5) is 0 Å². The number of aromatic nitrogens is 3. The highest BCUT2D eigenvalue weighted by atomic mass is 16.3. The topological polar surface area (TPSA) is 82.1 Å². The van der Waals surface area contributed by atoms with E-state index in [9.17, 15) is 9.90 Å². The van der Waals surface area contributed by atoms with Crippen LogP contribution in [-0.2, 0) is 0 Å². The van der Waals surface area contributed by atoms with Gasteiger partial charge in [-0.25, -0.2) is 0 Å². The third-order valence-electron chi connectivity index (χ3n) is 3.55. The van der Waals surface area contributed by atoms with Crippen molar-refractivity contribution in [3.05, 3.63) is 23.8 Å². The van der Waals surface area contributed by atoms with Crippen LogP contribution >= 0.6 is 0 Å². The highest BCUT2D eigenvalue weighted by molar-refractivity contribution is 5.97. The molecule has 0 radical (unpaired) electrons. The van der Waals surface area contributed by atoms with Gasteiger partial charge < -0.3 is 10.0 Å². The fourth-order valence-electron chi connectivity index (χ4n) is 2.43. The molecule has 6 nitrogen and oxygen atoms in total. The predicted molar refractivity (Wildman–Crippen MR) is 76.4 cm³/mol. The first-order valence-electron chi connectivity index (χ1n) is 6.93. The molecule has 108 valence electrons. The molecular weight excluding hydrogens is 256 g/mol. The first-order chi connectivity index (χ1) is 9.71. The molecule has 0 aliphatic carbocycles. The van der Waals surface area contributed by atoms with E-state index in [1.165, 1.54) is 0 Å². The van der Waals surface area contributed by atoms with E-state index in [1.54, 1.807) is 23.1 Å². The van der Waals surface area contributed by atoms with Gasteiger partial charge in [0.05, 0.1) is 6.61 Å². The molecule has 1 aromatic carbocycles. The van der Waals surface area contributed by atoms with E-state index in [2.05, 4.69) is 15.4 Å². The molecule has 0 aliphatic heterocycles. The van der Waals surface area contributed by atoms with Crippen LogP contribution in [0.15, 0.2) is 18.2 Å². The molecule has 0 fully saturated rings. The van der Waals surface area contributed by atoms with Crippen molar-refractivity contribution in [3.8, 4) is 0 Å². The molecule has 0 unspecified atom stereocenters. The number of carbonyl (C=O) groups is 1. The number of aliphatic hydroxyl groups excluding tert-OH is 1. The van der Waals surface area contributed by atoms with Gasteiger partial charge in [-0.05, 0) is 31.0 Å². The van der Waals surface area contributed by atoms with Crippen molar-refractivity contribution >= 4 is 16.9 Å². The summed E-state index contributed by atoms with van der Waals surface area (Å²) in [7, 11) is 0. The van der Waals surface area contributed by atoms with Crippen LogP contribution in [0, 0.1) is 0 Å². The van der Waals surface area contributed by atoms with Crippen LogP contribution in [0.2, 0.25) is 0 Å². The highest BCUT2D eigenvalue weighted by Crippen LogP contribution is 2.16. The van der Waals surface area contributed by atoms with Crippen LogP contribution in [-0.4, -0.2) is 50.5 Å². The number of amides is 1. The number of fused-ring (bicyclic) bond motifs is 1. The van der Waals surface area contributed by atoms with E-state index in [0.29, 0.717) is 17.6 Å². The SMILES string of the molecule is CCC(CC)N(CCO)C(=O)c1ccc2n[nH]nc2c1. The number of nitrogens with one attached hydrogen (secondary N) is 1. The maximum atomic E-state index is 12.6. The van der Waals surface area contributed by atoms with Crippen molar-refractivity contribution in [2.75, 3.05) is 13.2 Å². The molecule has 0 saturated heterocycles. The van der Waals surface area contributed by atoms with Crippen molar-refractivity contribution in [2.24, 2.45) is 0 Å². The lowest BCUT2D eigenvalue weighted by molar-refractivity contribution is 0.0622. The molecule has 0 aliphatic rings. The van der Waals surface area contributed by atoms with Crippen LogP contribution in [0.1, 0.15) is 37.0 Å². The van der Waals surface area contributed by atoms with Gasteiger partial charge in [0.2, 0.25) is 0 Å². The normalized spacial score (nSPS) is 11.2. The van der Waals surface area contributed by atoms with Crippen molar-refractivity contribution < 1.29 is 9.90 Å². The molecule has 0 atom stereocenters. The van der Waals surface area contributed by atoms with E-state index in [1.807, 2.05) is 13.8 Å². The lowest BCUT2D eigenvalue weighted by atomic mass is 10.1. The maximum Gasteiger partial charge on any atom is 0.254 e. The summed E-state index contributed by atoms with van der Waals surface area (Å²) in [6.07, 6.45) is 1.74. The Morgan fingerprint density at radius 3 is 2.65 bits per heavy atom. The summed E-state index contributed by atoms with van der Waals surface area (Å²) in [6.45, 7) is 4.41. The Kier molecular flexibility index (Phi) is 4.68. The van der Waals surface area contributed by atoms with Gasteiger partial charge in [0.25, 0.3) is 5.91 Å². The minimum absolute atomic E-state index is 0.0333. The number of benzene rings is 1. The molecule has 2 aromatic rings. The van der Waals surface area contributed by atoms with E-state index in [4.69, 9.17) is 0 Å². The Labute approximate surface area is 117 Å². The summed E-state index contributed by atoms with van der Waals surface area (Å²) < 4.78 is 0. The van der Waals surface area contributed by atoms with Crippen LogP contribution in [0.25, 0.3) is 11.0 Å². The third-order valence-corrected chi connectivity index (χ3v) is 3.55. The summed E-state index contributed by atoms with van der Waals surface area (Å²) in [4.78, 5) is 14.4. The van der Waals surface area contributed by atoms with Crippen molar-refractivity contribution in [1.29, 1.82) is 0 Å². The molecule has 0 bridgehead atoms. The second-order valence-electron chi connectivity index (χ2n) is 4.72. The number of rotatable bonds is 6. The van der Waals surface area contributed by atoms with Gasteiger partial charge in [0.15, 0.2) is 0 Å². The van der Waals surface area contributed by atoms with Crippen molar-refractivity contribution in [3.63, 3.8) is 0 Å². The molecule has 0 saturated carbocycles. The first kappa shape index (κ1) is 14.5. The number of aliphatic hydroxyl groups is 1. The molecule has 2 N–H and O–H groups in total. The standard InChI is InChI=1S/C14H20N4O2/c1-3-11(4-2)18(7-8-19)14(20)10-5-6-12-13(9-10)16-17-15-12/h5-6,9,11,19H,3-4,7-8H2,1-2H3,(H,15,16,17). The largest absolute Gasteiger partial charge is 0.395 e. The number of aromatic amines is 1. The fraction of sp³-hybridized carbons (Fsp3) is 0.500. The average molecular weight is 276 g/mol. The summed E-state index contributed by atoms with van der Waals surface area (Å²) in [6, 6.07) is 5.40. The van der Waals surface area contributed by atoms with Crippen LogP contribution in [0.3, 0.4) is 0 Å². The number of H-pyrrole nitrogens is 1. The van der Waals surface area contributed by atoms with E-state index in [-0.39, 0.29) is 18.6 Å². The summed E-state index contributed by atoms with van der Waals surface area (Å²) in [5.74, 6) is -0.0716. The summed E-state index contributed by atoms with van der Waals surface area (Å²) in [5, 5.41) is 19.7. The fourth-order valence-corrected chi connectivity index (χ4v) is 2.43. The third kappa shape index (κ3) is 2.80. The zero-order valence-corrected chi connectivity index (χ0v) is 11.8. The van der Waals surface area contributed by atoms with E-state index in [0.717, 1.165) is 18.4 Å². The molecule has 6 heteroatoms. The second kappa shape index (κ2) is 6.47. The van der Waals surface area contributed by atoms with Crippen molar-refractivity contribution in [1.82, 2.24) is 20.3 Å². The lowest BCUT2D eigenvalue weighted by Crippen LogP contribution is -2.41. The van der Waals surface area contributed by atoms with Gasteiger partial charge in [-0.15, -0.1) is 0 Å². The summed E-state index contributed by atoms with van der Waals surface area (Å²) in [5.41, 5.74) is 1.98. The number of hydrogen-bond donors (Lipinski definition) is 2. The Balaban J connectivity index is 2.29. The zero-order chi connectivity index (χ0) is 14.5. The van der Waals surface area contributed by atoms with E-state index < -0.39 is 0 Å². The van der Waals surface area contributed by atoms with Gasteiger partial charge in [-0.3, -0.25) is 4.79 Å². The molecule has 0 spiro atoms. The molecule has 20 heavy (non-hydrogen) atoms. The van der Waals surface area contributed by atoms with Gasteiger partial charge in [0.1, 0.15) is 11.0 Å². The number of hydrogen-bond acceptors (Lipinski definition) is 4. The van der Waals surface area contributed by atoms with Gasteiger partial charge in [-0.2, -0.15) is 15.4 Å². The monoisotopic (exact) mass is 276 g/mol. The smallest absolute Gasteiger partial charge is 0.254 e. The number of nitrogens with zero attached hydrogens (tertiary/aromatic N) is 3. The van der Waals surface area contributed by atoms with E-state index >= 15 is 0 Å². The minimum atomic E-state index is -0.0716. The molecule has 1 aromatic heterocycles. The molecule has 2 rings (SSSR count). The van der Waals surface area contributed by atoms with Crippen LogP contribution < -0.4 is 0 Å². The number of carbonyl (C=O) groups excluding carboxylic acids is 1. The van der Waals surface area contributed by atoms with Crippen LogP contribution in [0.5, 0.6) is 0 Å². The minimum Gasteiger partial charge on any atom is -0.395 e. The lowest BCUT2D eigenvalue weighted by Gasteiger charge is -2.30. The Hall–Kier alpha value is -1.95. The zero-order valence-electron chi connectivity index (χ0n) is 11.8. The molecule has 1 heterocycles.